The monoisotopic (exact) mass is 223 g/mol. The fraction of sp³-hybridized carbons (Fsp3) is 0.750. The van der Waals surface area contributed by atoms with Gasteiger partial charge in [-0.25, -0.2) is 0 Å². The van der Waals surface area contributed by atoms with Gasteiger partial charge in [0.05, 0.1) is 18.0 Å². The maximum Gasteiger partial charge on any atom is 0.0853 e. The molecule has 0 saturated carbocycles. The molecule has 16 heavy (non-hydrogen) atoms. The summed E-state index contributed by atoms with van der Waals surface area (Å²) in [5, 5.41) is 7.99. The van der Waals surface area contributed by atoms with Crippen LogP contribution in [0.2, 0.25) is 0 Å². The Morgan fingerprint density at radius 1 is 1.69 bits per heavy atom. The molecule has 0 radical (unpaired) electrons. The van der Waals surface area contributed by atoms with Crippen molar-refractivity contribution < 1.29 is 4.74 Å². The van der Waals surface area contributed by atoms with Crippen molar-refractivity contribution in [1.82, 2.24) is 9.78 Å². The SMILES string of the molecule is CCc1nn(C)cc1NC(C)C1CCOC1. The number of rotatable bonds is 4. The Kier molecular flexibility index (Phi) is 3.49. The summed E-state index contributed by atoms with van der Waals surface area (Å²) in [7, 11) is 1.97. The minimum Gasteiger partial charge on any atom is -0.381 e. The van der Waals surface area contributed by atoms with E-state index in [1.165, 1.54) is 5.69 Å². The zero-order chi connectivity index (χ0) is 11.5. The zero-order valence-electron chi connectivity index (χ0n) is 10.4. The minimum atomic E-state index is 0.456. The third kappa shape index (κ3) is 2.38. The smallest absolute Gasteiger partial charge is 0.0853 e. The van der Waals surface area contributed by atoms with Gasteiger partial charge in [0.1, 0.15) is 0 Å². The molecule has 1 aromatic rings. The second-order valence-electron chi connectivity index (χ2n) is 4.57. The Morgan fingerprint density at radius 3 is 3.12 bits per heavy atom. The van der Waals surface area contributed by atoms with Crippen LogP contribution in [0.1, 0.15) is 26.0 Å². The van der Waals surface area contributed by atoms with E-state index in [-0.39, 0.29) is 0 Å². The minimum absolute atomic E-state index is 0.456. The number of nitrogens with zero attached hydrogens (tertiary/aromatic N) is 2. The Balaban J connectivity index is 2.01. The topological polar surface area (TPSA) is 39.1 Å². The normalized spacial score (nSPS) is 22.3. The van der Waals surface area contributed by atoms with Gasteiger partial charge >= 0.3 is 0 Å². The first kappa shape index (κ1) is 11.5. The van der Waals surface area contributed by atoms with Crippen LogP contribution in [0.25, 0.3) is 0 Å². The summed E-state index contributed by atoms with van der Waals surface area (Å²) in [6.07, 6.45) is 4.19. The molecule has 1 N–H and O–H groups in total. The van der Waals surface area contributed by atoms with Gasteiger partial charge in [0, 0.05) is 31.8 Å². The molecular formula is C12H21N3O. The fourth-order valence-electron chi connectivity index (χ4n) is 2.23. The lowest BCUT2D eigenvalue weighted by Crippen LogP contribution is -2.26. The van der Waals surface area contributed by atoms with Crippen LogP contribution in [0.5, 0.6) is 0 Å². The predicted molar refractivity (Wildman–Crippen MR) is 64.6 cm³/mol. The first-order valence-corrected chi connectivity index (χ1v) is 6.07. The molecule has 0 spiro atoms. The van der Waals surface area contributed by atoms with Crippen molar-refractivity contribution in [2.24, 2.45) is 13.0 Å². The molecule has 1 aromatic heterocycles. The van der Waals surface area contributed by atoms with Gasteiger partial charge in [-0.1, -0.05) is 6.92 Å². The molecule has 1 saturated heterocycles. The lowest BCUT2D eigenvalue weighted by Gasteiger charge is -2.20. The van der Waals surface area contributed by atoms with Gasteiger partial charge < -0.3 is 10.1 Å². The van der Waals surface area contributed by atoms with Gasteiger partial charge in [-0.3, -0.25) is 4.68 Å². The van der Waals surface area contributed by atoms with E-state index in [4.69, 9.17) is 4.74 Å². The van der Waals surface area contributed by atoms with E-state index >= 15 is 0 Å². The first-order valence-electron chi connectivity index (χ1n) is 6.07. The second kappa shape index (κ2) is 4.87. The predicted octanol–water partition coefficient (Wildman–Crippen LogP) is 1.82. The molecule has 2 unspecified atom stereocenters. The van der Waals surface area contributed by atoms with Crippen molar-refractivity contribution >= 4 is 5.69 Å². The quantitative estimate of drug-likeness (QED) is 0.846. The Bertz CT molecular complexity index is 342. The summed E-state index contributed by atoms with van der Waals surface area (Å²) in [5.41, 5.74) is 2.32. The van der Waals surface area contributed by atoms with Gasteiger partial charge in [-0.15, -0.1) is 0 Å². The van der Waals surface area contributed by atoms with E-state index in [2.05, 4.69) is 30.5 Å². The summed E-state index contributed by atoms with van der Waals surface area (Å²) >= 11 is 0. The summed E-state index contributed by atoms with van der Waals surface area (Å²) in [4.78, 5) is 0. The Labute approximate surface area is 97.0 Å². The maximum atomic E-state index is 5.42. The zero-order valence-corrected chi connectivity index (χ0v) is 10.4. The average Bonchev–Trinajstić information content (AvgIpc) is 2.87. The van der Waals surface area contributed by atoms with E-state index in [0.717, 1.165) is 31.7 Å². The third-order valence-corrected chi connectivity index (χ3v) is 3.30. The van der Waals surface area contributed by atoms with Crippen LogP contribution in [0.4, 0.5) is 5.69 Å². The number of anilines is 1. The first-order chi connectivity index (χ1) is 7.70. The Hall–Kier alpha value is -1.03. The van der Waals surface area contributed by atoms with Gasteiger partial charge in [0.25, 0.3) is 0 Å². The average molecular weight is 223 g/mol. The molecule has 2 atom stereocenters. The van der Waals surface area contributed by atoms with Crippen LogP contribution < -0.4 is 5.32 Å². The molecule has 0 aromatic carbocycles. The lowest BCUT2D eigenvalue weighted by atomic mass is 10.0. The Morgan fingerprint density at radius 2 is 2.50 bits per heavy atom. The van der Waals surface area contributed by atoms with Gasteiger partial charge in [0.2, 0.25) is 0 Å². The fourth-order valence-corrected chi connectivity index (χ4v) is 2.23. The summed E-state index contributed by atoms with van der Waals surface area (Å²) in [6, 6.07) is 0.456. The van der Waals surface area contributed by atoms with Gasteiger partial charge in [-0.2, -0.15) is 5.10 Å². The molecule has 1 aliphatic heterocycles. The number of aromatic nitrogens is 2. The molecule has 2 heterocycles. The van der Waals surface area contributed by atoms with Crippen molar-refractivity contribution in [2.75, 3.05) is 18.5 Å². The van der Waals surface area contributed by atoms with E-state index < -0.39 is 0 Å². The molecule has 90 valence electrons. The largest absolute Gasteiger partial charge is 0.381 e. The number of nitrogens with one attached hydrogen (secondary N) is 1. The van der Waals surface area contributed by atoms with Crippen molar-refractivity contribution in [3.8, 4) is 0 Å². The summed E-state index contributed by atoms with van der Waals surface area (Å²) in [5.74, 6) is 0.630. The van der Waals surface area contributed by atoms with E-state index in [9.17, 15) is 0 Å². The van der Waals surface area contributed by atoms with Crippen LogP contribution in [-0.4, -0.2) is 29.0 Å². The van der Waals surface area contributed by atoms with Gasteiger partial charge in [-0.05, 0) is 19.8 Å². The molecule has 0 aliphatic carbocycles. The molecule has 0 bridgehead atoms. The highest BCUT2D eigenvalue weighted by atomic mass is 16.5. The summed E-state index contributed by atoms with van der Waals surface area (Å²) < 4.78 is 7.29. The maximum absolute atomic E-state index is 5.42. The van der Waals surface area contributed by atoms with E-state index in [1.807, 2.05) is 11.7 Å². The number of hydrogen-bond acceptors (Lipinski definition) is 3. The highest BCUT2D eigenvalue weighted by molar-refractivity contribution is 5.47. The number of aryl methyl sites for hydroxylation is 2. The van der Waals surface area contributed by atoms with E-state index in [1.54, 1.807) is 0 Å². The highest BCUT2D eigenvalue weighted by Crippen LogP contribution is 2.22. The van der Waals surface area contributed by atoms with Crippen LogP contribution in [-0.2, 0) is 18.2 Å². The number of hydrogen-bond donors (Lipinski definition) is 1. The molecule has 2 rings (SSSR count). The highest BCUT2D eigenvalue weighted by Gasteiger charge is 2.23. The molecule has 0 amide bonds. The van der Waals surface area contributed by atoms with Crippen LogP contribution >= 0.6 is 0 Å². The third-order valence-electron chi connectivity index (χ3n) is 3.30. The molecular weight excluding hydrogens is 202 g/mol. The van der Waals surface area contributed by atoms with Crippen LogP contribution in [0, 0.1) is 5.92 Å². The summed E-state index contributed by atoms with van der Waals surface area (Å²) in [6.45, 7) is 6.16. The molecule has 4 nitrogen and oxygen atoms in total. The van der Waals surface area contributed by atoms with Crippen molar-refractivity contribution in [1.29, 1.82) is 0 Å². The number of ether oxygens (including phenoxy) is 1. The lowest BCUT2D eigenvalue weighted by molar-refractivity contribution is 0.183. The van der Waals surface area contributed by atoms with Crippen molar-refractivity contribution in [2.45, 2.75) is 32.7 Å². The van der Waals surface area contributed by atoms with Gasteiger partial charge in [0.15, 0.2) is 0 Å². The van der Waals surface area contributed by atoms with Crippen LogP contribution in [0.3, 0.4) is 0 Å². The molecule has 4 heteroatoms. The van der Waals surface area contributed by atoms with Crippen molar-refractivity contribution in [3.63, 3.8) is 0 Å². The van der Waals surface area contributed by atoms with E-state index in [0.29, 0.717) is 12.0 Å². The van der Waals surface area contributed by atoms with Crippen molar-refractivity contribution in [3.05, 3.63) is 11.9 Å². The molecule has 1 fully saturated rings. The standard InChI is InChI=1S/C12H21N3O/c1-4-11-12(7-15(3)14-11)13-9(2)10-5-6-16-8-10/h7,9-10,13H,4-6,8H2,1-3H3. The van der Waals surface area contributed by atoms with Crippen LogP contribution in [0.15, 0.2) is 6.20 Å². The molecule has 1 aliphatic rings. The second-order valence-corrected chi connectivity index (χ2v) is 4.57.